The third-order valence-electron chi connectivity index (χ3n) is 7.98. The van der Waals surface area contributed by atoms with E-state index >= 15 is 0 Å². The van der Waals surface area contributed by atoms with Crippen LogP contribution in [0.1, 0.15) is 189 Å². The van der Waals surface area contributed by atoms with E-state index in [-0.39, 0.29) is 17.1 Å². The van der Waals surface area contributed by atoms with E-state index in [1.807, 2.05) is 48.5 Å². The Labute approximate surface area is 265 Å². The van der Waals surface area contributed by atoms with E-state index in [1.54, 1.807) is 0 Å². The summed E-state index contributed by atoms with van der Waals surface area (Å²) in [6.07, 6.45) is 30.8. The second kappa shape index (κ2) is 30.0. The molecule has 0 radical (unpaired) electrons. The van der Waals surface area contributed by atoms with Gasteiger partial charge in [-0.25, -0.2) is 12.1 Å². The van der Waals surface area contributed by atoms with E-state index in [2.05, 4.69) is 13.8 Å². The SMILES string of the molecule is CCCCCCCCCCCCCC(=O)[c-]1[cH-][cH-][cH-][cH-]1.CCCCCCCCCCCCCC(=O)[c-]1cccc1.[Fe]. The van der Waals surface area contributed by atoms with Gasteiger partial charge in [-0.3, -0.25) is 5.78 Å². The Morgan fingerprint density at radius 2 is 0.805 bits per heavy atom. The van der Waals surface area contributed by atoms with Crippen molar-refractivity contribution in [3.63, 3.8) is 0 Å². The van der Waals surface area contributed by atoms with Crippen molar-refractivity contribution < 1.29 is 26.7 Å². The molecule has 0 amide bonds. The first-order valence-corrected chi connectivity index (χ1v) is 17.2. The minimum atomic E-state index is 0. The van der Waals surface area contributed by atoms with Gasteiger partial charge in [0.15, 0.2) is 0 Å². The summed E-state index contributed by atoms with van der Waals surface area (Å²) >= 11 is 0. The van der Waals surface area contributed by atoms with Crippen molar-refractivity contribution in [2.45, 2.75) is 168 Å². The fourth-order valence-corrected chi connectivity index (χ4v) is 5.31. The van der Waals surface area contributed by atoms with Crippen molar-refractivity contribution in [1.29, 1.82) is 0 Å². The number of hydrogen-bond acceptors (Lipinski definition) is 2. The second-order valence-electron chi connectivity index (χ2n) is 11.8. The maximum atomic E-state index is 11.8. The van der Waals surface area contributed by atoms with E-state index in [1.165, 1.54) is 128 Å². The Balaban J connectivity index is 0.000000762. The van der Waals surface area contributed by atoms with Gasteiger partial charge < -0.3 is 39.4 Å². The van der Waals surface area contributed by atoms with Crippen LogP contribution in [0, 0.1) is 0 Å². The molecule has 0 aliphatic carbocycles. The summed E-state index contributed by atoms with van der Waals surface area (Å²) in [6, 6.07) is 15.4. The molecule has 41 heavy (non-hydrogen) atoms. The molecule has 0 N–H and O–H groups in total. The molecule has 0 aliphatic rings. The molecule has 0 atom stereocenters. The summed E-state index contributed by atoms with van der Waals surface area (Å²) in [6.45, 7) is 4.53. The molecule has 0 saturated heterocycles. The van der Waals surface area contributed by atoms with Gasteiger partial charge in [-0.05, 0) is 12.8 Å². The maximum absolute atomic E-state index is 11.8. The Kier molecular flexibility index (Phi) is 29.0. The molecule has 0 fully saturated rings. The van der Waals surface area contributed by atoms with Crippen molar-refractivity contribution >= 4 is 11.6 Å². The fourth-order valence-electron chi connectivity index (χ4n) is 5.31. The van der Waals surface area contributed by atoms with Gasteiger partial charge >= 0.3 is 0 Å². The number of ketones is 2. The van der Waals surface area contributed by atoms with E-state index in [0.717, 1.165) is 36.8 Å². The predicted molar refractivity (Wildman–Crippen MR) is 175 cm³/mol. The van der Waals surface area contributed by atoms with Crippen LogP contribution in [0.5, 0.6) is 0 Å². The zero-order chi connectivity index (χ0) is 28.9. The molecule has 2 aromatic carbocycles. The van der Waals surface area contributed by atoms with Crippen LogP contribution in [0.3, 0.4) is 0 Å². The molecule has 0 aliphatic heterocycles. The number of rotatable bonds is 26. The molecule has 0 unspecified atom stereocenters. The van der Waals surface area contributed by atoms with Gasteiger partial charge in [0.05, 0.1) is 0 Å². The van der Waals surface area contributed by atoms with E-state index in [9.17, 15) is 9.59 Å². The van der Waals surface area contributed by atoms with E-state index < -0.39 is 0 Å². The van der Waals surface area contributed by atoms with E-state index in [4.69, 9.17) is 0 Å². The van der Waals surface area contributed by atoms with Crippen molar-refractivity contribution in [2.24, 2.45) is 0 Å². The molecular weight excluding hydrogens is 544 g/mol. The molecule has 0 heterocycles. The monoisotopic (exact) mass is 606 g/mol. The van der Waals surface area contributed by atoms with Crippen LogP contribution in [0.4, 0.5) is 0 Å². The zero-order valence-corrected chi connectivity index (χ0v) is 27.9. The third kappa shape index (κ3) is 23.8. The molecule has 2 nitrogen and oxygen atoms in total. The molecule has 0 saturated carbocycles. The van der Waals surface area contributed by atoms with Crippen molar-refractivity contribution in [2.75, 3.05) is 0 Å². The van der Waals surface area contributed by atoms with Gasteiger partial charge in [0.25, 0.3) is 0 Å². The second-order valence-corrected chi connectivity index (χ2v) is 11.8. The van der Waals surface area contributed by atoms with Crippen molar-refractivity contribution in [1.82, 2.24) is 0 Å². The van der Waals surface area contributed by atoms with Crippen LogP contribution in [0.25, 0.3) is 0 Å². The van der Waals surface area contributed by atoms with Crippen molar-refractivity contribution in [3.8, 4) is 0 Å². The topological polar surface area (TPSA) is 34.1 Å². The first kappa shape index (κ1) is 39.6. The Bertz CT molecular complexity index is 722. The van der Waals surface area contributed by atoms with Crippen LogP contribution in [-0.4, -0.2) is 11.6 Å². The molecular formula is C38H62FeO2-6. The number of unbranched alkanes of at least 4 members (excludes halogenated alkanes) is 20. The Hall–Kier alpha value is -1.44. The van der Waals surface area contributed by atoms with Crippen LogP contribution < -0.4 is 0 Å². The summed E-state index contributed by atoms with van der Waals surface area (Å²) in [5, 5.41) is 0. The summed E-state index contributed by atoms with van der Waals surface area (Å²) in [5.41, 5.74) is 1.77. The number of hydrogen-bond donors (Lipinski definition) is 0. The van der Waals surface area contributed by atoms with Gasteiger partial charge in [0, 0.05) is 17.1 Å². The molecule has 0 aromatic heterocycles. The van der Waals surface area contributed by atoms with Gasteiger partial charge in [0.2, 0.25) is 0 Å². The number of carbonyl (C=O) groups excluding carboxylic acids is 2. The molecule has 0 spiro atoms. The standard InChI is InChI=1S/2C19H31O.Fe/c2*1-2-3-4-5-6-7-8-9-10-11-12-17-19(20)18-15-13-14-16-18;/h2*13-16H,2-12,17H2,1H3;/q-5;-1;. The van der Waals surface area contributed by atoms with Gasteiger partial charge in [-0.15, -0.1) is 6.42 Å². The minimum absolute atomic E-state index is 0. The van der Waals surface area contributed by atoms with Gasteiger partial charge in [-0.1, -0.05) is 154 Å². The predicted octanol–water partition coefficient (Wildman–Crippen LogP) is 12.6. The number of carbonyl (C=O) groups is 2. The first-order chi connectivity index (χ1) is 19.7. The maximum Gasteiger partial charge on any atom is 0.108 e. The van der Waals surface area contributed by atoms with E-state index in [0.29, 0.717) is 11.6 Å². The molecule has 2 aromatic rings. The largest absolute Gasteiger partial charge is 0.718 e. The summed E-state index contributed by atoms with van der Waals surface area (Å²) in [5.74, 6) is 0.622. The normalized spacial score (nSPS) is 10.6. The minimum Gasteiger partial charge on any atom is -0.718 e. The molecule has 3 heteroatoms. The molecule has 240 valence electrons. The average Bonchev–Trinajstić information content (AvgIpc) is 3.70. The van der Waals surface area contributed by atoms with Crippen LogP contribution in [0.2, 0.25) is 0 Å². The summed E-state index contributed by atoms with van der Waals surface area (Å²) in [7, 11) is 0. The quantitative estimate of drug-likeness (QED) is 0.0462. The van der Waals surface area contributed by atoms with Crippen LogP contribution in [-0.2, 0) is 17.1 Å². The zero-order valence-electron chi connectivity index (χ0n) is 26.8. The van der Waals surface area contributed by atoms with Gasteiger partial charge in [0.1, 0.15) is 5.78 Å². The third-order valence-corrected chi connectivity index (χ3v) is 7.98. The molecule has 0 bridgehead atoms. The molecule has 2 rings (SSSR count). The summed E-state index contributed by atoms with van der Waals surface area (Å²) < 4.78 is 0. The first-order valence-electron chi connectivity index (χ1n) is 17.2. The van der Waals surface area contributed by atoms with Gasteiger partial charge in [-0.2, -0.15) is 12.1 Å². The Morgan fingerprint density at radius 3 is 1.17 bits per heavy atom. The number of Topliss-reactive ketones (excluding diaryl/α,β-unsaturated/α-hetero) is 2. The van der Waals surface area contributed by atoms with Crippen LogP contribution in [0.15, 0.2) is 48.5 Å². The Morgan fingerprint density at radius 1 is 0.488 bits per heavy atom. The smallest absolute Gasteiger partial charge is 0.108 e. The fraction of sp³-hybridized carbons (Fsp3) is 0.684. The average molecular weight is 607 g/mol. The van der Waals surface area contributed by atoms with Crippen LogP contribution >= 0.6 is 0 Å². The van der Waals surface area contributed by atoms with Crippen molar-refractivity contribution in [3.05, 3.63) is 59.7 Å². The summed E-state index contributed by atoms with van der Waals surface area (Å²) in [4.78, 5) is 23.5.